The number of imidazole rings is 1. The minimum atomic E-state index is -0.856. The monoisotopic (exact) mass is 1790 g/mol. The van der Waals surface area contributed by atoms with Crippen LogP contribution in [0, 0.1) is 68.9 Å². The van der Waals surface area contributed by atoms with Crippen molar-refractivity contribution in [3.05, 3.63) is 246 Å². The third kappa shape index (κ3) is 15.6. The van der Waals surface area contributed by atoms with Gasteiger partial charge in [-0.3, -0.25) is 51.9 Å². The van der Waals surface area contributed by atoms with Gasteiger partial charge in [0.15, 0.2) is 17.2 Å². The lowest BCUT2D eigenvalue weighted by atomic mass is 9.96. The van der Waals surface area contributed by atoms with Crippen LogP contribution >= 0.6 is 34.8 Å². The fraction of sp³-hybridized carbons (Fsp3) is 0.297. The third-order valence-electron chi connectivity index (χ3n) is 24.2. The van der Waals surface area contributed by atoms with E-state index in [1.165, 1.54) is 50.1 Å². The highest BCUT2D eigenvalue weighted by Gasteiger charge is 2.42. The molecule has 0 spiro atoms. The predicted octanol–water partition coefficient (Wildman–Crippen LogP) is 13.3. The molecule has 0 bridgehead atoms. The van der Waals surface area contributed by atoms with Crippen molar-refractivity contribution in [1.29, 1.82) is 15.8 Å². The molecule has 11 aromatic rings. The van der Waals surface area contributed by atoms with Gasteiger partial charge in [-0.05, 0) is 106 Å². The van der Waals surface area contributed by atoms with Crippen LogP contribution in [0.5, 0.6) is 17.2 Å². The first-order valence-electron chi connectivity index (χ1n) is 40.6. The largest absolute Gasteiger partial charge is 0.488 e. The van der Waals surface area contributed by atoms with Gasteiger partial charge >= 0.3 is 0 Å². The van der Waals surface area contributed by atoms with Crippen molar-refractivity contribution in [2.24, 2.45) is 0 Å². The van der Waals surface area contributed by atoms with Gasteiger partial charge in [-0.15, -0.1) is 0 Å². The summed E-state index contributed by atoms with van der Waals surface area (Å²) in [6.07, 6.45) is 13.2. The highest BCUT2D eigenvalue weighted by molar-refractivity contribution is 6.36. The highest BCUT2D eigenvalue weighted by Crippen LogP contribution is 2.53. The number of hydrogen-bond acceptors (Lipinski definition) is 18. The van der Waals surface area contributed by atoms with Gasteiger partial charge in [0, 0.05) is 196 Å². The van der Waals surface area contributed by atoms with Crippen LogP contribution in [0.4, 0.5) is 43.4 Å². The Morgan fingerprint density at radius 2 is 0.850 bits per heavy atom. The van der Waals surface area contributed by atoms with E-state index in [0.717, 1.165) is 36.4 Å². The Morgan fingerprint density at radius 1 is 0.488 bits per heavy atom. The minimum Gasteiger partial charge on any atom is -0.488 e. The lowest BCUT2D eigenvalue weighted by Gasteiger charge is -2.42. The first kappa shape index (κ1) is 86.7. The molecule has 4 saturated heterocycles. The van der Waals surface area contributed by atoms with Gasteiger partial charge in [0.1, 0.15) is 89.6 Å². The number of aromatic nitrogens is 7. The molecule has 0 radical (unpaired) electrons. The maximum absolute atomic E-state index is 15.1. The molecular weight excluding hydrogens is 1710 g/mol. The van der Waals surface area contributed by atoms with Crippen molar-refractivity contribution in [2.45, 2.75) is 83.0 Å². The topological polar surface area (TPSA) is 292 Å². The summed E-state index contributed by atoms with van der Waals surface area (Å²) in [7, 11) is 0. The summed E-state index contributed by atoms with van der Waals surface area (Å²) < 4.78 is 114. The number of nitrogens with zero attached hydrogens (tertiary/aromatic N) is 17. The van der Waals surface area contributed by atoms with Crippen LogP contribution in [0.1, 0.15) is 68.4 Å². The number of anilines is 3. The molecule has 3 unspecified atom stereocenters. The third-order valence-corrected chi connectivity index (χ3v) is 25.0. The zero-order chi connectivity index (χ0) is 90.0. The lowest BCUT2D eigenvalue weighted by molar-refractivity contribution is -0.128. The zero-order valence-electron chi connectivity index (χ0n) is 68.5. The number of rotatable bonds is 15. The average molecular weight is 1790 g/mol. The first-order chi connectivity index (χ1) is 61.1. The number of piperazine rings is 3. The van der Waals surface area contributed by atoms with Crippen molar-refractivity contribution in [3.63, 3.8) is 0 Å². The normalized spacial score (nSPS) is 18.7. The molecule has 0 saturated carbocycles. The second-order valence-electron chi connectivity index (χ2n) is 31.7. The second kappa shape index (κ2) is 35.3. The standard InChI is InChI=1S/C31H28ClF2N5O4.2C30H25ClF2N6O3/c1-3-25(40)37-9-10-38(17(2)14-37)28-21-12-23(32)27(20-7-6-18(33)11-24(20)34)30-29(21)39(31(42)22(28)13-35)19(16-43-30)15-36-8-4-5-26(36)41;1-3-25(40)36-9-10-38(17(2)14-36)27-21-12-23(31)26(20-6-5-18(32)11-24(20)33)29-28(21)39(30(41)22(27)13-34)19(16-42-29)15-37-8-4-7-35-37;1-3-25(40)37-8-9-38(17(2)13-37)27-21-11-23(31)26(20-5-4-18(32)10-24(20)33)29-28(21)39(30(41)22(27)12-34)19(15-42-29)14-36-7-6-35-16-36/h3,6-7,11-12,17,19H,1,4-5,8-10,14-16H2,2H3;3-8,11-12,17,19H,1,9-10,14-16H2,2H3;3-7,10-11,16-17,19H,1,8-9,13-15H2,2H3/t3*17-,19?/m000/s1. The van der Waals surface area contributed by atoms with Gasteiger partial charge in [-0.2, -0.15) is 20.9 Å². The molecule has 27 nitrogen and oxygen atoms in total. The molecule has 12 heterocycles. The number of pyridine rings is 3. The first-order valence-corrected chi connectivity index (χ1v) is 41.8. The van der Waals surface area contributed by atoms with E-state index in [1.807, 2.05) is 35.5 Å². The van der Waals surface area contributed by atoms with Gasteiger partial charge in [0.2, 0.25) is 23.6 Å². The summed E-state index contributed by atoms with van der Waals surface area (Å²) in [4.78, 5) is 109. The molecule has 0 aliphatic carbocycles. The average Bonchev–Trinajstić information content (AvgIpc) is 1.58. The number of ether oxygens (including phenoxy) is 3. The fourth-order valence-corrected chi connectivity index (χ4v) is 19.3. The number of halogens is 9. The van der Waals surface area contributed by atoms with Crippen molar-refractivity contribution >= 4 is 108 Å². The van der Waals surface area contributed by atoms with Crippen LogP contribution < -0.4 is 45.6 Å². The maximum atomic E-state index is 15.1. The zero-order valence-corrected chi connectivity index (χ0v) is 70.8. The molecule has 7 aliphatic heterocycles. The Bertz CT molecular complexity index is 6500. The number of nitriles is 3. The summed E-state index contributed by atoms with van der Waals surface area (Å²) in [6, 6.07) is 19.8. The molecule has 36 heteroatoms. The van der Waals surface area contributed by atoms with Gasteiger partial charge < -0.3 is 53.1 Å². The Kier molecular flexibility index (Phi) is 24.1. The molecule has 7 aliphatic rings. The predicted molar refractivity (Wildman–Crippen MR) is 464 cm³/mol. The van der Waals surface area contributed by atoms with E-state index in [0.29, 0.717) is 135 Å². The van der Waals surface area contributed by atoms with Crippen LogP contribution in [-0.2, 0) is 32.3 Å². The molecular formula is C91H78Cl3F6N17O10. The van der Waals surface area contributed by atoms with Crippen LogP contribution in [0.2, 0.25) is 15.1 Å². The van der Waals surface area contributed by atoms with E-state index in [2.05, 4.69) is 48.0 Å². The molecule has 650 valence electrons. The van der Waals surface area contributed by atoms with Crippen LogP contribution in [0.15, 0.2) is 162 Å². The number of benzene rings is 6. The minimum absolute atomic E-state index is 0.00806. The van der Waals surface area contributed by atoms with Gasteiger partial charge in [0.05, 0.1) is 79.7 Å². The Labute approximate surface area is 736 Å². The van der Waals surface area contributed by atoms with Crippen LogP contribution in [0.25, 0.3) is 66.1 Å². The Balaban J connectivity index is 0.000000140. The summed E-state index contributed by atoms with van der Waals surface area (Å²) in [6.45, 7) is 20.8. The molecule has 6 atom stereocenters. The van der Waals surface area contributed by atoms with Gasteiger partial charge in [-0.25, -0.2) is 31.3 Å². The summed E-state index contributed by atoms with van der Waals surface area (Å²) in [5, 5.41) is 37.0. The molecule has 6 aromatic carbocycles. The van der Waals surface area contributed by atoms with Crippen molar-refractivity contribution in [2.75, 3.05) is 107 Å². The summed E-state index contributed by atoms with van der Waals surface area (Å²) in [5.74, 6) is -4.98. The second-order valence-corrected chi connectivity index (χ2v) is 32.9. The number of likely N-dealkylation sites (tertiary alicyclic amines) is 1. The van der Waals surface area contributed by atoms with Crippen molar-refractivity contribution in [3.8, 4) is 68.8 Å². The van der Waals surface area contributed by atoms with Crippen molar-refractivity contribution in [1.82, 2.24) is 52.6 Å². The Morgan fingerprint density at radius 3 is 1.15 bits per heavy atom. The van der Waals surface area contributed by atoms with E-state index in [-0.39, 0.29) is 157 Å². The van der Waals surface area contributed by atoms with E-state index < -0.39 is 69.7 Å². The molecule has 5 aromatic heterocycles. The number of hydrogen-bond donors (Lipinski definition) is 0. The van der Waals surface area contributed by atoms with Crippen LogP contribution in [0.3, 0.4) is 0 Å². The quantitative estimate of drug-likeness (QED) is 0.0680. The molecule has 4 fully saturated rings. The van der Waals surface area contributed by atoms with Gasteiger partial charge in [0.25, 0.3) is 16.7 Å². The van der Waals surface area contributed by atoms with E-state index in [9.17, 15) is 62.5 Å². The maximum Gasteiger partial charge on any atom is 0.271 e. The van der Waals surface area contributed by atoms with E-state index in [4.69, 9.17) is 49.0 Å². The highest BCUT2D eigenvalue weighted by atomic mass is 35.5. The smallest absolute Gasteiger partial charge is 0.271 e. The van der Waals surface area contributed by atoms with Gasteiger partial charge in [-0.1, -0.05) is 54.5 Å². The van der Waals surface area contributed by atoms with E-state index >= 15 is 13.2 Å². The Hall–Kier alpha value is -13.8. The number of carbonyl (C=O) groups excluding carboxylic acids is 4. The number of amides is 4. The SMILES string of the molecule is C=CC(=O)N1CCN(c2c(C#N)c(=O)n3c4c(c(-c5ccc(F)cc5F)c(Cl)cc24)OCC3CN2CCCC2=O)[C@@H](C)C1.C=CC(=O)N1CCN(c2c(C#N)c(=O)n3c4c(c(-c5ccc(F)cc5F)c(Cl)cc24)OCC3Cn2cccn2)[C@@H](C)C1.C=CC(=O)N1CCN(c2c(C#N)c(=O)n3c4c(c(-c5ccc(F)cc5F)c(Cl)cc24)OCC3Cn2ccnc2)[C@@H](C)C1. The molecule has 127 heavy (non-hydrogen) atoms. The van der Waals surface area contributed by atoms with Crippen LogP contribution in [-0.4, -0.2) is 186 Å². The fourth-order valence-electron chi connectivity index (χ4n) is 18.4. The molecule has 4 amide bonds. The lowest BCUT2D eigenvalue weighted by Crippen LogP contribution is -2.54. The summed E-state index contributed by atoms with van der Waals surface area (Å²) in [5.41, 5.74) is 0.720. The molecule has 0 N–H and O–H groups in total. The number of carbonyl (C=O) groups is 4. The van der Waals surface area contributed by atoms with Crippen molar-refractivity contribution < 1.29 is 59.7 Å². The summed E-state index contributed by atoms with van der Waals surface area (Å²) >= 11 is 20.5. The molecule has 18 rings (SSSR count). The van der Waals surface area contributed by atoms with E-state index in [1.54, 1.807) is 84.2 Å².